The van der Waals surface area contributed by atoms with Gasteiger partial charge in [0.1, 0.15) is 11.6 Å². The lowest BCUT2D eigenvalue weighted by Gasteiger charge is -2.40. The molecular weight excluding hydrogens is 594 g/mol. The van der Waals surface area contributed by atoms with E-state index in [0.717, 1.165) is 12.1 Å². The number of allylic oxidation sites excluding steroid dienone is 2. The summed E-state index contributed by atoms with van der Waals surface area (Å²) in [5.74, 6) is -0.482. The highest BCUT2D eigenvalue weighted by atomic mass is 19.1. The largest absolute Gasteiger partial charge is 0.340 e. The Morgan fingerprint density at radius 2 is 1.39 bits per heavy atom. The third-order valence-corrected chi connectivity index (χ3v) is 9.09. The summed E-state index contributed by atoms with van der Waals surface area (Å²) in [5.41, 5.74) is -1.31. The van der Waals surface area contributed by atoms with Crippen molar-refractivity contribution in [3.63, 3.8) is 0 Å². The molecule has 0 saturated heterocycles. The molecule has 0 fully saturated rings. The highest BCUT2D eigenvalue weighted by Crippen LogP contribution is 2.55. The van der Waals surface area contributed by atoms with Crippen molar-refractivity contribution >= 4 is 35.6 Å². The number of rotatable bonds is 3. The van der Waals surface area contributed by atoms with E-state index in [0.29, 0.717) is 34.6 Å². The van der Waals surface area contributed by atoms with Gasteiger partial charge in [0.15, 0.2) is 5.66 Å². The van der Waals surface area contributed by atoms with Crippen LogP contribution in [0, 0.1) is 18.6 Å². The summed E-state index contributed by atoms with van der Waals surface area (Å²) in [4.78, 5) is 48.7. The van der Waals surface area contributed by atoms with Crippen LogP contribution in [0.1, 0.15) is 47.2 Å². The first-order chi connectivity index (χ1) is 22.3. The van der Waals surface area contributed by atoms with E-state index in [4.69, 9.17) is 9.97 Å². The van der Waals surface area contributed by atoms with Crippen LogP contribution in [-0.4, -0.2) is 37.9 Å². The zero-order chi connectivity index (χ0) is 31.5. The van der Waals surface area contributed by atoms with Gasteiger partial charge in [-0.3, -0.25) is 0 Å². The third kappa shape index (κ3) is 3.05. The Morgan fingerprint density at radius 3 is 2.02 bits per heavy atom. The molecular formula is C32H24F2N10O2. The number of nitrogens with zero attached hydrogens (tertiary/aromatic N) is 8. The summed E-state index contributed by atoms with van der Waals surface area (Å²) in [7, 11) is 0. The van der Waals surface area contributed by atoms with Crippen LogP contribution in [0.15, 0.2) is 70.3 Å². The first-order valence-corrected chi connectivity index (χ1v) is 14.7. The molecule has 6 heterocycles. The van der Waals surface area contributed by atoms with E-state index in [1.54, 1.807) is 31.2 Å². The van der Waals surface area contributed by atoms with Gasteiger partial charge in [-0.2, -0.15) is 9.97 Å². The van der Waals surface area contributed by atoms with Crippen LogP contribution in [0.25, 0.3) is 23.7 Å². The van der Waals surface area contributed by atoms with Gasteiger partial charge in [0.2, 0.25) is 29.1 Å². The van der Waals surface area contributed by atoms with E-state index in [1.165, 1.54) is 54.3 Å². The summed E-state index contributed by atoms with van der Waals surface area (Å²) in [6, 6.07) is 11.2. The van der Waals surface area contributed by atoms with Gasteiger partial charge in [-0.15, -0.1) is 0 Å². The molecule has 228 valence electrons. The molecule has 4 aromatic heterocycles. The molecule has 0 unspecified atom stereocenters. The monoisotopic (exact) mass is 618 g/mol. The highest BCUT2D eigenvalue weighted by molar-refractivity contribution is 5.66. The molecule has 0 radical (unpaired) electrons. The Kier molecular flexibility index (Phi) is 5.09. The minimum absolute atomic E-state index is 0.0841. The number of imidazole rings is 2. The molecule has 9 rings (SSSR count). The van der Waals surface area contributed by atoms with Crippen LogP contribution in [0.2, 0.25) is 0 Å². The van der Waals surface area contributed by atoms with Crippen LogP contribution >= 0.6 is 0 Å². The summed E-state index contributed by atoms with van der Waals surface area (Å²) >= 11 is 0. The number of aromatic nitrogens is 8. The summed E-state index contributed by atoms with van der Waals surface area (Å²) in [5, 5.41) is 6.78. The van der Waals surface area contributed by atoms with E-state index < -0.39 is 34.3 Å². The van der Waals surface area contributed by atoms with Crippen molar-refractivity contribution in [1.29, 1.82) is 0 Å². The van der Waals surface area contributed by atoms with E-state index in [-0.39, 0.29) is 23.5 Å². The van der Waals surface area contributed by atoms with Gasteiger partial charge in [-0.05, 0) is 63.1 Å². The second-order valence-corrected chi connectivity index (χ2v) is 11.5. The Labute approximate surface area is 258 Å². The average molecular weight is 619 g/mol. The molecule has 2 N–H and O–H groups in total. The Hall–Kier alpha value is -5.92. The fraction of sp³-hybridized carbons (Fsp3) is 0.188. The van der Waals surface area contributed by atoms with Crippen molar-refractivity contribution in [1.82, 2.24) is 37.9 Å². The van der Waals surface area contributed by atoms with Crippen molar-refractivity contribution < 1.29 is 8.78 Å². The fourth-order valence-electron chi connectivity index (χ4n) is 7.24. The second kappa shape index (κ2) is 8.84. The molecule has 2 atom stereocenters. The normalized spacial score (nSPS) is 21.0. The van der Waals surface area contributed by atoms with E-state index >= 15 is 0 Å². The van der Waals surface area contributed by atoms with Crippen LogP contribution in [0.3, 0.4) is 0 Å². The molecule has 0 amide bonds. The Balaban J connectivity index is 1.51. The number of nitrogens with one attached hydrogen (secondary N) is 2. The first kappa shape index (κ1) is 26.5. The summed E-state index contributed by atoms with van der Waals surface area (Å²) < 4.78 is 34.5. The van der Waals surface area contributed by atoms with Gasteiger partial charge in [-0.25, -0.2) is 46.3 Å². The zero-order valence-electron chi connectivity index (χ0n) is 24.5. The number of fused-ring (bicyclic) bond motifs is 9. The average Bonchev–Trinajstić information content (AvgIpc) is 3.73. The van der Waals surface area contributed by atoms with E-state index in [9.17, 15) is 18.4 Å². The van der Waals surface area contributed by atoms with E-state index in [1.807, 2.05) is 19.1 Å². The number of hydrogen-bond donors (Lipinski definition) is 2. The molecule has 0 bridgehead atoms. The molecule has 0 spiro atoms. The molecule has 0 saturated carbocycles. The Morgan fingerprint density at radius 1 is 0.804 bits per heavy atom. The number of halogens is 2. The van der Waals surface area contributed by atoms with Crippen molar-refractivity contribution in [3.8, 4) is 0 Å². The molecule has 14 heteroatoms. The minimum Gasteiger partial charge on any atom is -0.325 e. The maximum Gasteiger partial charge on any atom is 0.340 e. The molecule has 12 nitrogen and oxygen atoms in total. The molecule has 46 heavy (non-hydrogen) atoms. The predicted molar refractivity (Wildman–Crippen MR) is 165 cm³/mol. The number of aryl methyl sites for hydroxylation is 2. The lowest BCUT2D eigenvalue weighted by molar-refractivity contribution is 0.224. The minimum atomic E-state index is -1.83. The van der Waals surface area contributed by atoms with Gasteiger partial charge in [0.05, 0.1) is 22.8 Å². The summed E-state index contributed by atoms with van der Waals surface area (Å²) in [6.45, 7) is 3.60. The lowest BCUT2D eigenvalue weighted by Crippen LogP contribution is -2.61. The van der Waals surface area contributed by atoms with Crippen LogP contribution in [0.4, 0.5) is 20.7 Å². The van der Waals surface area contributed by atoms with Gasteiger partial charge in [0.25, 0.3) is 0 Å². The van der Waals surface area contributed by atoms with Crippen molar-refractivity contribution in [3.05, 3.63) is 127 Å². The van der Waals surface area contributed by atoms with Crippen LogP contribution in [0.5, 0.6) is 0 Å². The standard InChI is InChI=1S/C32H24F2N10O2/c1-3-6-23-17(2)35-25-37-27-39-31(18-9-13-20(33)14-10-18)32(43(27)29(45)41(23)25,19-11-15-21(34)16-12-19)44-28(40-31)38-26-36-22-7-4-5-8-24(22)42(26)30(44)46/h3,5-6,8-16H,4,7H2,1-2H3,(H,35,37,39)(H,36,38,40)/b6-3-/t31-,32+/m0/s1. The highest BCUT2D eigenvalue weighted by Gasteiger charge is 2.69. The lowest BCUT2D eigenvalue weighted by atomic mass is 9.82. The second-order valence-electron chi connectivity index (χ2n) is 11.5. The van der Waals surface area contributed by atoms with Gasteiger partial charge in [-0.1, -0.05) is 36.4 Å². The van der Waals surface area contributed by atoms with Crippen molar-refractivity contribution in [2.75, 3.05) is 10.6 Å². The molecule has 2 aromatic carbocycles. The number of hydrogen-bond acceptors (Lipinski definition) is 8. The van der Waals surface area contributed by atoms with Gasteiger partial charge < -0.3 is 10.6 Å². The topological polar surface area (TPSA) is 128 Å². The molecule has 2 aliphatic heterocycles. The fourth-order valence-corrected chi connectivity index (χ4v) is 7.24. The zero-order valence-corrected chi connectivity index (χ0v) is 24.5. The predicted octanol–water partition coefficient (Wildman–Crippen LogP) is 3.63. The number of anilines is 2. The third-order valence-electron chi connectivity index (χ3n) is 9.09. The Bertz CT molecular complexity index is 2440. The van der Waals surface area contributed by atoms with Crippen molar-refractivity contribution in [2.24, 2.45) is 0 Å². The maximum absolute atomic E-state index is 15.0. The van der Waals surface area contributed by atoms with Crippen molar-refractivity contribution in [2.45, 2.75) is 38.0 Å². The quantitative estimate of drug-likeness (QED) is 0.308. The summed E-state index contributed by atoms with van der Waals surface area (Å²) in [6.07, 6.45) is 8.76. The van der Waals surface area contributed by atoms with Gasteiger partial charge in [0, 0.05) is 11.1 Å². The SMILES string of the molecule is C/C=C\c1c(C)nc2nc3n(c(=O)n12)[C@]1(c2ccc(F)cc2)n2c(nc4nc5c(n4c2=O)C=CCC5)N[C@]1(c1ccc(F)cc1)N3. The van der Waals surface area contributed by atoms with Gasteiger partial charge >= 0.3 is 11.4 Å². The smallest absolute Gasteiger partial charge is 0.325 e. The maximum atomic E-state index is 15.0. The molecule has 1 aliphatic carbocycles. The molecule has 3 aliphatic rings. The molecule has 6 aromatic rings. The number of benzene rings is 2. The van der Waals surface area contributed by atoms with E-state index in [2.05, 4.69) is 20.6 Å². The van der Waals surface area contributed by atoms with Crippen LogP contribution in [-0.2, 0) is 17.7 Å². The first-order valence-electron chi connectivity index (χ1n) is 14.7. The van der Waals surface area contributed by atoms with Crippen LogP contribution < -0.4 is 22.0 Å².